The molecule has 1 aliphatic heterocycles. The van der Waals surface area contributed by atoms with E-state index in [2.05, 4.69) is 16.9 Å². The van der Waals surface area contributed by atoms with Gasteiger partial charge in [0.15, 0.2) is 5.69 Å². The molecule has 2 rings (SSSR count). The van der Waals surface area contributed by atoms with Crippen molar-refractivity contribution in [2.24, 2.45) is 11.8 Å². The average molecular weight is 237 g/mol. The van der Waals surface area contributed by atoms with Gasteiger partial charge in [-0.2, -0.15) is 0 Å². The highest BCUT2D eigenvalue weighted by Gasteiger charge is 2.29. The van der Waals surface area contributed by atoms with E-state index in [1.54, 1.807) is 0 Å². The summed E-state index contributed by atoms with van der Waals surface area (Å²) in [5.74, 6) is 0.238. The monoisotopic (exact) mass is 237 g/mol. The zero-order valence-electron chi connectivity index (χ0n) is 9.58. The fourth-order valence-electron chi connectivity index (χ4n) is 2.05. The van der Waals surface area contributed by atoms with Crippen LogP contribution >= 0.6 is 0 Å². The van der Waals surface area contributed by atoms with Gasteiger partial charge in [-0.15, -0.1) is 0 Å². The van der Waals surface area contributed by atoms with Crippen LogP contribution in [0.2, 0.25) is 0 Å². The lowest BCUT2D eigenvalue weighted by molar-refractivity contribution is 0.0690. The highest BCUT2D eigenvalue weighted by atomic mass is 16.4. The van der Waals surface area contributed by atoms with E-state index in [0.717, 1.165) is 13.1 Å². The van der Waals surface area contributed by atoms with E-state index in [1.807, 2.05) is 4.90 Å². The van der Waals surface area contributed by atoms with Gasteiger partial charge in [0, 0.05) is 25.6 Å². The summed E-state index contributed by atoms with van der Waals surface area (Å²) in [5, 5.41) is 17.9. The molecule has 1 aromatic heterocycles. The van der Waals surface area contributed by atoms with Crippen molar-refractivity contribution in [1.29, 1.82) is 0 Å². The van der Waals surface area contributed by atoms with E-state index < -0.39 is 5.97 Å². The van der Waals surface area contributed by atoms with Crippen molar-refractivity contribution in [3.8, 4) is 0 Å². The lowest BCUT2D eigenvalue weighted by Gasteiger charge is -2.16. The fraction of sp³-hybridized carbons (Fsp3) is 0.545. The molecule has 0 saturated carbocycles. The van der Waals surface area contributed by atoms with Gasteiger partial charge < -0.3 is 15.1 Å². The molecule has 1 saturated heterocycles. The van der Waals surface area contributed by atoms with Crippen molar-refractivity contribution >= 4 is 11.8 Å². The predicted octanol–water partition coefficient (Wildman–Crippen LogP) is 0.239. The molecule has 2 heterocycles. The number of hydrogen-bond acceptors (Lipinski definition) is 5. The minimum absolute atomic E-state index is 0.0558. The van der Waals surface area contributed by atoms with Crippen LogP contribution in [0.5, 0.6) is 0 Å². The highest BCUT2D eigenvalue weighted by molar-refractivity contribution is 5.84. The average Bonchev–Trinajstić information content (AvgIpc) is 2.70. The molecule has 0 amide bonds. The number of rotatable bonds is 3. The zero-order valence-corrected chi connectivity index (χ0v) is 9.58. The molecule has 0 aromatic carbocycles. The number of carboxylic acids is 1. The van der Waals surface area contributed by atoms with Crippen molar-refractivity contribution in [2.45, 2.75) is 6.92 Å². The number of aliphatic hydroxyl groups excluding tert-OH is 1. The first-order valence-corrected chi connectivity index (χ1v) is 5.53. The molecule has 0 radical (unpaired) electrons. The van der Waals surface area contributed by atoms with Crippen LogP contribution in [0.25, 0.3) is 0 Å². The first-order valence-electron chi connectivity index (χ1n) is 5.53. The van der Waals surface area contributed by atoms with Crippen molar-refractivity contribution in [2.75, 3.05) is 24.6 Å². The zero-order chi connectivity index (χ0) is 12.4. The first-order chi connectivity index (χ1) is 8.11. The summed E-state index contributed by atoms with van der Waals surface area (Å²) in [6, 6.07) is 0. The smallest absolute Gasteiger partial charge is 0.356 e. The Morgan fingerprint density at radius 1 is 1.47 bits per heavy atom. The molecule has 6 heteroatoms. The van der Waals surface area contributed by atoms with Crippen molar-refractivity contribution in [3.63, 3.8) is 0 Å². The van der Waals surface area contributed by atoms with Gasteiger partial charge in [0.1, 0.15) is 5.82 Å². The summed E-state index contributed by atoms with van der Waals surface area (Å²) < 4.78 is 0. The normalized spacial score (nSPS) is 24.0. The molecule has 0 spiro atoms. The van der Waals surface area contributed by atoms with Gasteiger partial charge in [-0.05, 0) is 5.92 Å². The van der Waals surface area contributed by atoms with Gasteiger partial charge in [0.25, 0.3) is 0 Å². The number of anilines is 1. The SMILES string of the molecule is C[C@@H]1CN(c2cnc(C(=O)O)cn2)C[C@H]1CO. The molecule has 1 aliphatic rings. The summed E-state index contributed by atoms with van der Waals surface area (Å²) in [7, 11) is 0. The topological polar surface area (TPSA) is 86.6 Å². The van der Waals surface area contributed by atoms with Crippen LogP contribution in [-0.4, -0.2) is 45.8 Å². The highest BCUT2D eigenvalue weighted by Crippen LogP contribution is 2.25. The number of aromatic carboxylic acids is 1. The van der Waals surface area contributed by atoms with E-state index in [1.165, 1.54) is 12.4 Å². The van der Waals surface area contributed by atoms with E-state index >= 15 is 0 Å². The van der Waals surface area contributed by atoms with Crippen molar-refractivity contribution in [1.82, 2.24) is 9.97 Å². The Labute approximate surface area is 98.9 Å². The predicted molar refractivity (Wildman–Crippen MR) is 60.9 cm³/mol. The van der Waals surface area contributed by atoms with Crippen LogP contribution in [0.3, 0.4) is 0 Å². The third kappa shape index (κ3) is 2.36. The van der Waals surface area contributed by atoms with Gasteiger partial charge in [-0.3, -0.25) is 0 Å². The molecule has 6 nitrogen and oxygen atoms in total. The third-order valence-electron chi connectivity index (χ3n) is 3.18. The van der Waals surface area contributed by atoms with Crippen LogP contribution < -0.4 is 4.90 Å². The van der Waals surface area contributed by atoms with Crippen LogP contribution in [0.15, 0.2) is 12.4 Å². The van der Waals surface area contributed by atoms with Crippen LogP contribution in [0.4, 0.5) is 5.82 Å². The number of carbonyl (C=O) groups is 1. The first kappa shape index (κ1) is 11.8. The molecular weight excluding hydrogens is 222 g/mol. The largest absolute Gasteiger partial charge is 0.476 e. The number of carboxylic acid groups (broad SMARTS) is 1. The van der Waals surface area contributed by atoms with Crippen LogP contribution in [0.1, 0.15) is 17.4 Å². The molecule has 17 heavy (non-hydrogen) atoms. The standard InChI is InChI=1S/C11H15N3O3/c1-7-4-14(5-8(7)6-15)10-3-12-9(2-13-10)11(16)17/h2-3,7-8,15H,4-6H2,1H3,(H,16,17)/t7-,8+/m1/s1. The summed E-state index contributed by atoms with van der Waals surface area (Å²) in [6.07, 6.45) is 2.73. The van der Waals surface area contributed by atoms with E-state index in [-0.39, 0.29) is 18.2 Å². The molecular formula is C11H15N3O3. The van der Waals surface area contributed by atoms with E-state index in [9.17, 15) is 9.90 Å². The number of aliphatic hydroxyl groups is 1. The van der Waals surface area contributed by atoms with Gasteiger partial charge in [0.05, 0.1) is 12.4 Å². The molecule has 0 bridgehead atoms. The molecule has 1 aromatic rings. The Bertz CT molecular complexity index is 407. The molecule has 2 N–H and O–H groups in total. The minimum atomic E-state index is -1.08. The summed E-state index contributed by atoms with van der Waals surface area (Å²) in [4.78, 5) is 20.6. The minimum Gasteiger partial charge on any atom is -0.476 e. The number of hydrogen-bond donors (Lipinski definition) is 2. The number of aromatic nitrogens is 2. The summed E-state index contributed by atoms with van der Waals surface area (Å²) in [6.45, 7) is 3.79. The van der Waals surface area contributed by atoms with Crippen LogP contribution in [0, 0.1) is 11.8 Å². The maximum atomic E-state index is 10.6. The maximum Gasteiger partial charge on any atom is 0.356 e. The number of nitrogens with zero attached hydrogens (tertiary/aromatic N) is 3. The van der Waals surface area contributed by atoms with E-state index in [0.29, 0.717) is 11.7 Å². The Hall–Kier alpha value is -1.69. The van der Waals surface area contributed by atoms with Crippen molar-refractivity contribution in [3.05, 3.63) is 18.1 Å². The second-order valence-electron chi connectivity index (χ2n) is 4.39. The molecule has 0 unspecified atom stereocenters. The second-order valence-corrected chi connectivity index (χ2v) is 4.39. The van der Waals surface area contributed by atoms with Gasteiger partial charge in [-0.1, -0.05) is 6.92 Å². The Balaban J connectivity index is 2.11. The Morgan fingerprint density at radius 3 is 2.71 bits per heavy atom. The van der Waals surface area contributed by atoms with Gasteiger partial charge >= 0.3 is 5.97 Å². The third-order valence-corrected chi connectivity index (χ3v) is 3.18. The van der Waals surface area contributed by atoms with Crippen molar-refractivity contribution < 1.29 is 15.0 Å². The molecule has 92 valence electrons. The molecule has 1 fully saturated rings. The lowest BCUT2D eigenvalue weighted by atomic mass is 10.00. The van der Waals surface area contributed by atoms with E-state index in [4.69, 9.17) is 5.11 Å². The summed E-state index contributed by atoms with van der Waals surface area (Å²) in [5.41, 5.74) is -0.0558. The molecule has 2 atom stereocenters. The lowest BCUT2D eigenvalue weighted by Crippen LogP contribution is -2.22. The van der Waals surface area contributed by atoms with Gasteiger partial charge in [0.2, 0.25) is 0 Å². The second kappa shape index (κ2) is 4.67. The summed E-state index contributed by atoms with van der Waals surface area (Å²) >= 11 is 0. The Morgan fingerprint density at radius 2 is 2.24 bits per heavy atom. The van der Waals surface area contributed by atoms with Crippen LogP contribution in [-0.2, 0) is 0 Å². The van der Waals surface area contributed by atoms with Gasteiger partial charge in [-0.25, -0.2) is 14.8 Å². The quantitative estimate of drug-likeness (QED) is 0.783. The fourth-order valence-corrected chi connectivity index (χ4v) is 2.05. The molecule has 0 aliphatic carbocycles. The Kier molecular flexibility index (Phi) is 3.23. The maximum absolute atomic E-state index is 10.6.